The summed E-state index contributed by atoms with van der Waals surface area (Å²) in [6, 6.07) is 9.00. The first-order valence-electron chi connectivity index (χ1n) is 6.71. The average molecular weight is 227 g/mol. The summed E-state index contributed by atoms with van der Waals surface area (Å²) in [5, 5.41) is 3.64. The van der Waals surface area contributed by atoms with Crippen LogP contribution >= 0.6 is 0 Å². The number of benzene rings is 1. The third-order valence-corrected chi connectivity index (χ3v) is 4.78. The third-order valence-electron chi connectivity index (χ3n) is 4.78. The predicted molar refractivity (Wildman–Crippen MR) is 72.1 cm³/mol. The molecule has 0 amide bonds. The van der Waals surface area contributed by atoms with Gasteiger partial charge in [-0.15, -0.1) is 0 Å². The molecule has 0 saturated carbocycles. The van der Waals surface area contributed by atoms with Gasteiger partial charge in [0.1, 0.15) is 0 Å². The number of rotatable bonds is 1. The highest BCUT2D eigenvalue weighted by Crippen LogP contribution is 2.49. The Morgan fingerprint density at radius 3 is 2.88 bits per heavy atom. The summed E-state index contributed by atoms with van der Waals surface area (Å²) >= 11 is 0. The normalized spacial score (nSPS) is 35.2. The van der Waals surface area contributed by atoms with E-state index >= 15 is 0 Å². The summed E-state index contributed by atoms with van der Waals surface area (Å²) < 4.78 is 0. The quantitative estimate of drug-likeness (QED) is 0.723. The topological polar surface area (TPSA) is 12.0 Å². The molecule has 1 unspecified atom stereocenters. The number of nitrogens with one attached hydrogen (secondary N) is 1. The molecule has 17 heavy (non-hydrogen) atoms. The second kappa shape index (κ2) is 3.99. The lowest BCUT2D eigenvalue weighted by Crippen LogP contribution is -2.50. The Hall–Kier alpha value is -1.08. The zero-order chi connectivity index (χ0) is 11.9. The van der Waals surface area contributed by atoms with Crippen molar-refractivity contribution >= 4 is 0 Å². The van der Waals surface area contributed by atoms with Gasteiger partial charge in [0.25, 0.3) is 0 Å². The van der Waals surface area contributed by atoms with E-state index in [9.17, 15) is 0 Å². The fraction of sp³-hybridized carbons (Fsp3) is 0.500. The molecule has 0 aromatic heterocycles. The average Bonchev–Trinajstić information content (AvgIpc) is 2.39. The van der Waals surface area contributed by atoms with Crippen LogP contribution in [0, 0.1) is 5.92 Å². The number of allylic oxidation sites excluding steroid dienone is 1. The van der Waals surface area contributed by atoms with Crippen molar-refractivity contribution in [3.63, 3.8) is 0 Å². The summed E-state index contributed by atoms with van der Waals surface area (Å²) in [5.74, 6) is 1.45. The lowest BCUT2D eigenvalue weighted by Gasteiger charge is -2.48. The Morgan fingerprint density at radius 1 is 1.24 bits per heavy atom. The van der Waals surface area contributed by atoms with Crippen LogP contribution in [0.15, 0.2) is 36.4 Å². The molecule has 2 aliphatic carbocycles. The molecule has 2 aliphatic rings. The zero-order valence-corrected chi connectivity index (χ0v) is 10.7. The van der Waals surface area contributed by atoms with Crippen molar-refractivity contribution in [3.8, 4) is 0 Å². The van der Waals surface area contributed by atoms with E-state index in [2.05, 4.69) is 55.7 Å². The first-order valence-corrected chi connectivity index (χ1v) is 6.71. The van der Waals surface area contributed by atoms with Gasteiger partial charge in [0.05, 0.1) is 5.54 Å². The van der Waals surface area contributed by atoms with Gasteiger partial charge >= 0.3 is 0 Å². The molecule has 1 heteroatoms. The maximum atomic E-state index is 3.64. The smallest absolute Gasteiger partial charge is 0.0501 e. The van der Waals surface area contributed by atoms with Crippen LogP contribution in [0.3, 0.4) is 0 Å². The van der Waals surface area contributed by atoms with Crippen molar-refractivity contribution in [1.29, 1.82) is 0 Å². The standard InChI is InChI=1S/C16H21N/c1-12-11-13-7-5-6-10-16(13,17-2)15-9-4-3-8-14(12)15/h3-6,8-9,12-13,17H,7,10-11H2,1-2H3/t12?,13-,16+/m0/s1. The summed E-state index contributed by atoms with van der Waals surface area (Å²) in [5.41, 5.74) is 3.28. The van der Waals surface area contributed by atoms with Crippen LogP contribution in [0.1, 0.15) is 43.2 Å². The van der Waals surface area contributed by atoms with Gasteiger partial charge in [0.15, 0.2) is 0 Å². The van der Waals surface area contributed by atoms with E-state index in [-0.39, 0.29) is 5.54 Å². The molecule has 90 valence electrons. The monoisotopic (exact) mass is 227 g/mol. The van der Waals surface area contributed by atoms with Crippen molar-refractivity contribution in [2.24, 2.45) is 5.92 Å². The van der Waals surface area contributed by atoms with Gasteiger partial charge in [-0.3, -0.25) is 0 Å². The Bertz CT molecular complexity index is 449. The van der Waals surface area contributed by atoms with Crippen molar-refractivity contribution in [1.82, 2.24) is 5.32 Å². The van der Waals surface area contributed by atoms with E-state index in [1.54, 1.807) is 5.56 Å². The minimum absolute atomic E-state index is 0.192. The van der Waals surface area contributed by atoms with Gasteiger partial charge in [0.2, 0.25) is 0 Å². The van der Waals surface area contributed by atoms with Crippen LogP contribution in [0.5, 0.6) is 0 Å². The van der Waals surface area contributed by atoms with Gasteiger partial charge < -0.3 is 5.32 Å². The Morgan fingerprint density at radius 2 is 2.06 bits per heavy atom. The van der Waals surface area contributed by atoms with Gasteiger partial charge in [-0.05, 0) is 49.3 Å². The van der Waals surface area contributed by atoms with Crippen LogP contribution in [0.2, 0.25) is 0 Å². The molecule has 0 fully saturated rings. The number of hydrogen-bond donors (Lipinski definition) is 1. The molecule has 3 atom stereocenters. The zero-order valence-electron chi connectivity index (χ0n) is 10.7. The maximum absolute atomic E-state index is 3.64. The van der Waals surface area contributed by atoms with Crippen molar-refractivity contribution in [3.05, 3.63) is 47.5 Å². The molecular weight excluding hydrogens is 206 g/mol. The molecule has 1 aromatic rings. The highest BCUT2D eigenvalue weighted by Gasteiger charge is 2.44. The minimum Gasteiger partial charge on any atom is -0.310 e. The minimum atomic E-state index is 0.192. The molecule has 1 aromatic carbocycles. The number of fused-ring (bicyclic) bond motifs is 3. The first-order chi connectivity index (χ1) is 8.28. The van der Waals surface area contributed by atoms with Gasteiger partial charge in [-0.1, -0.05) is 43.3 Å². The largest absolute Gasteiger partial charge is 0.310 e. The Labute approximate surface area is 104 Å². The maximum Gasteiger partial charge on any atom is 0.0501 e. The molecule has 0 radical (unpaired) electrons. The van der Waals surface area contributed by atoms with E-state index in [1.807, 2.05) is 0 Å². The highest BCUT2D eigenvalue weighted by molar-refractivity contribution is 5.41. The van der Waals surface area contributed by atoms with E-state index in [1.165, 1.54) is 18.4 Å². The van der Waals surface area contributed by atoms with Crippen LogP contribution in [0.4, 0.5) is 0 Å². The lowest BCUT2D eigenvalue weighted by molar-refractivity contribution is 0.175. The first kappa shape index (κ1) is 11.0. The molecule has 0 saturated heterocycles. The third kappa shape index (κ3) is 1.49. The summed E-state index contributed by atoms with van der Waals surface area (Å²) in [4.78, 5) is 0. The fourth-order valence-electron chi connectivity index (χ4n) is 3.85. The SMILES string of the molecule is CN[C@]12CC=CC[C@H]1CC(C)c1ccccc12. The van der Waals surface area contributed by atoms with Crippen molar-refractivity contribution < 1.29 is 0 Å². The van der Waals surface area contributed by atoms with E-state index < -0.39 is 0 Å². The molecule has 0 aliphatic heterocycles. The molecule has 0 bridgehead atoms. The van der Waals surface area contributed by atoms with E-state index in [0.29, 0.717) is 5.92 Å². The summed E-state index contributed by atoms with van der Waals surface area (Å²) in [6.45, 7) is 2.37. The second-order valence-corrected chi connectivity index (χ2v) is 5.55. The van der Waals surface area contributed by atoms with Crippen molar-refractivity contribution in [2.45, 2.75) is 37.6 Å². The molecule has 1 nitrogen and oxygen atoms in total. The van der Waals surface area contributed by atoms with Crippen LogP contribution in [0.25, 0.3) is 0 Å². The van der Waals surface area contributed by atoms with E-state index in [0.717, 1.165) is 12.3 Å². The predicted octanol–water partition coefficient (Wildman–Crippen LogP) is 3.57. The molecule has 0 spiro atoms. The second-order valence-electron chi connectivity index (χ2n) is 5.55. The van der Waals surface area contributed by atoms with Gasteiger partial charge in [-0.2, -0.15) is 0 Å². The molecule has 0 heterocycles. The lowest BCUT2D eigenvalue weighted by atomic mass is 9.62. The summed E-state index contributed by atoms with van der Waals surface area (Å²) in [6.07, 6.45) is 8.38. The van der Waals surface area contributed by atoms with Gasteiger partial charge in [-0.25, -0.2) is 0 Å². The van der Waals surface area contributed by atoms with Crippen LogP contribution in [-0.2, 0) is 5.54 Å². The summed E-state index contributed by atoms with van der Waals surface area (Å²) in [7, 11) is 2.12. The molecule has 3 rings (SSSR count). The van der Waals surface area contributed by atoms with Gasteiger partial charge in [0, 0.05) is 0 Å². The van der Waals surface area contributed by atoms with E-state index in [4.69, 9.17) is 0 Å². The highest BCUT2D eigenvalue weighted by atomic mass is 15.0. The Kier molecular flexibility index (Phi) is 2.59. The van der Waals surface area contributed by atoms with Crippen LogP contribution < -0.4 is 5.32 Å². The fourth-order valence-corrected chi connectivity index (χ4v) is 3.85. The Balaban J connectivity index is 2.18. The molecular formula is C16H21N. The van der Waals surface area contributed by atoms with Crippen LogP contribution in [-0.4, -0.2) is 7.05 Å². The van der Waals surface area contributed by atoms with Crippen molar-refractivity contribution in [2.75, 3.05) is 7.05 Å². The number of hydrogen-bond acceptors (Lipinski definition) is 1. The molecule has 1 N–H and O–H groups in total.